The number of carbonyl (C=O) groups is 2. The average Bonchev–Trinajstić information content (AvgIpc) is 2.75. The summed E-state index contributed by atoms with van der Waals surface area (Å²) in [5, 5.41) is 17.8. The van der Waals surface area contributed by atoms with Crippen LogP contribution >= 0.6 is 0 Å². The summed E-state index contributed by atoms with van der Waals surface area (Å²) in [4.78, 5) is 25.7. The van der Waals surface area contributed by atoms with Crippen molar-refractivity contribution in [3.63, 3.8) is 0 Å². The van der Waals surface area contributed by atoms with Crippen molar-refractivity contribution in [1.29, 1.82) is 0 Å². The van der Waals surface area contributed by atoms with Crippen molar-refractivity contribution in [3.05, 3.63) is 11.6 Å². The number of cyclic esters (lactones) is 1. The zero-order valence-electron chi connectivity index (χ0n) is 21.5. The van der Waals surface area contributed by atoms with Gasteiger partial charge in [0, 0.05) is 24.9 Å². The Bertz CT molecular complexity index is 584. The first-order valence-electron chi connectivity index (χ1n) is 12.0. The molecule has 5 nitrogen and oxygen atoms in total. The molecule has 0 aromatic heterocycles. The molecule has 0 spiro atoms. The Labute approximate surface area is 190 Å². The Kier molecular flexibility index (Phi) is 13.5. The molecule has 0 bridgehead atoms. The van der Waals surface area contributed by atoms with E-state index in [4.69, 9.17) is 9.84 Å². The van der Waals surface area contributed by atoms with Gasteiger partial charge in [-0.2, -0.15) is 0 Å². The van der Waals surface area contributed by atoms with Gasteiger partial charge in [0.1, 0.15) is 11.9 Å². The molecule has 0 aromatic carbocycles. The van der Waals surface area contributed by atoms with E-state index in [-0.39, 0.29) is 35.6 Å². The van der Waals surface area contributed by atoms with Crippen LogP contribution in [0.25, 0.3) is 0 Å². The Morgan fingerprint density at radius 1 is 0.935 bits per heavy atom. The number of carbonyl (C=O) groups excluding carboxylic acids is 2. The summed E-state index contributed by atoms with van der Waals surface area (Å²) in [7, 11) is 1.00. The summed E-state index contributed by atoms with van der Waals surface area (Å²) < 4.78 is 5.85. The molecular formula is C26H48O5. The number of hydrogen-bond acceptors (Lipinski definition) is 5. The molecule has 0 fully saturated rings. The monoisotopic (exact) mass is 440 g/mol. The van der Waals surface area contributed by atoms with Gasteiger partial charge in [0.05, 0.1) is 12.0 Å². The summed E-state index contributed by atoms with van der Waals surface area (Å²) in [6.45, 7) is 18.2. The fraction of sp³-hybridized carbons (Fsp3) is 0.846. The zero-order chi connectivity index (χ0) is 24.5. The molecule has 1 aliphatic rings. The molecular weight excluding hydrogens is 392 g/mol. The van der Waals surface area contributed by atoms with E-state index in [0.29, 0.717) is 24.2 Å². The highest BCUT2D eigenvalue weighted by Gasteiger charge is 2.32. The zero-order valence-corrected chi connectivity index (χ0v) is 21.5. The molecule has 0 saturated carbocycles. The van der Waals surface area contributed by atoms with Crippen molar-refractivity contribution in [2.75, 3.05) is 7.11 Å². The Balaban J connectivity index is 0.00000436. The molecule has 2 N–H and O–H groups in total. The van der Waals surface area contributed by atoms with E-state index in [2.05, 4.69) is 20.8 Å². The third-order valence-electron chi connectivity index (χ3n) is 7.30. The highest BCUT2D eigenvalue weighted by atomic mass is 16.5. The van der Waals surface area contributed by atoms with Crippen LogP contribution < -0.4 is 0 Å². The lowest BCUT2D eigenvalue weighted by molar-refractivity contribution is -0.156. The molecule has 0 amide bonds. The predicted molar refractivity (Wildman–Crippen MR) is 126 cm³/mol. The molecule has 0 unspecified atom stereocenters. The second-order valence-electron chi connectivity index (χ2n) is 9.88. The third-order valence-corrected chi connectivity index (χ3v) is 7.30. The number of Topliss-reactive ketones (excluding diaryl/α,β-unsaturated/α-hetero) is 1. The minimum atomic E-state index is -0.806. The van der Waals surface area contributed by atoms with Crippen LogP contribution in [0.5, 0.6) is 0 Å². The minimum absolute atomic E-state index is 0.0187. The topological polar surface area (TPSA) is 83.8 Å². The summed E-state index contributed by atoms with van der Waals surface area (Å²) in [5.74, 6) is 0.427. The van der Waals surface area contributed by atoms with E-state index >= 15 is 0 Å². The highest BCUT2D eigenvalue weighted by molar-refractivity contribution is 5.83. The standard InChI is InChI=1S/C25H44O4.CH4O/c1-10-22-16(4)13-18(6)24(27)21(9)23(26)17(5)11-14(2)20(8)15(3)12-19(7)25(28)29-22;1-2/h13-17,19-22,24,27H,10-12H2,1-9H3;2H,1H3/b18-13+;/t14-,15-,16-,17+,19+,20-,21-,22+,24-;/m0./s1. The molecule has 0 aromatic rings. The maximum absolute atomic E-state index is 13.0. The SMILES string of the molecule is CC[C@H]1OC(=O)[C@H](C)C[C@H](C)[C@@H](C)[C@@H](C)C[C@@H](C)C(=O)[C@H](C)[C@@H](O)/C(C)=C/[C@@H]1C.CO. The van der Waals surface area contributed by atoms with Gasteiger partial charge in [0.25, 0.3) is 0 Å². The van der Waals surface area contributed by atoms with Gasteiger partial charge in [0.2, 0.25) is 0 Å². The Morgan fingerprint density at radius 2 is 1.42 bits per heavy atom. The molecule has 0 saturated heterocycles. The van der Waals surface area contributed by atoms with Crippen molar-refractivity contribution in [3.8, 4) is 0 Å². The first-order valence-corrected chi connectivity index (χ1v) is 12.0. The first-order chi connectivity index (χ1) is 14.4. The van der Waals surface area contributed by atoms with Gasteiger partial charge in [-0.3, -0.25) is 9.59 Å². The van der Waals surface area contributed by atoms with E-state index in [1.807, 2.05) is 47.6 Å². The number of esters is 1. The number of hydrogen-bond donors (Lipinski definition) is 2. The van der Waals surface area contributed by atoms with Crippen LogP contribution in [0.3, 0.4) is 0 Å². The van der Waals surface area contributed by atoms with Gasteiger partial charge < -0.3 is 14.9 Å². The average molecular weight is 441 g/mol. The first kappa shape index (κ1) is 29.8. The van der Waals surface area contributed by atoms with Gasteiger partial charge in [-0.25, -0.2) is 0 Å². The highest BCUT2D eigenvalue weighted by Crippen LogP contribution is 2.32. The molecule has 5 heteroatoms. The van der Waals surface area contributed by atoms with Crippen LogP contribution in [0.15, 0.2) is 11.6 Å². The molecule has 1 aliphatic heterocycles. The van der Waals surface area contributed by atoms with E-state index in [9.17, 15) is 14.7 Å². The van der Waals surface area contributed by atoms with Crippen LogP contribution in [0.2, 0.25) is 0 Å². The molecule has 1 rings (SSSR count). The van der Waals surface area contributed by atoms with Crippen molar-refractivity contribution >= 4 is 11.8 Å². The van der Waals surface area contributed by atoms with E-state index in [1.165, 1.54) is 0 Å². The van der Waals surface area contributed by atoms with Gasteiger partial charge in [-0.1, -0.05) is 61.5 Å². The molecule has 182 valence electrons. The summed E-state index contributed by atoms with van der Waals surface area (Å²) in [6, 6.07) is 0. The lowest BCUT2D eigenvalue weighted by Gasteiger charge is -2.31. The summed E-state index contributed by atoms with van der Waals surface area (Å²) in [6.07, 6.45) is 3.24. The van der Waals surface area contributed by atoms with Crippen LogP contribution in [0.1, 0.15) is 81.6 Å². The lowest BCUT2D eigenvalue weighted by atomic mass is 9.75. The minimum Gasteiger partial charge on any atom is -0.462 e. The summed E-state index contributed by atoms with van der Waals surface area (Å²) >= 11 is 0. The van der Waals surface area contributed by atoms with Crippen molar-refractivity contribution in [2.45, 2.75) is 93.8 Å². The fourth-order valence-corrected chi connectivity index (χ4v) is 4.76. The number of ether oxygens (including phenoxy) is 1. The maximum atomic E-state index is 13.0. The molecule has 9 atom stereocenters. The maximum Gasteiger partial charge on any atom is 0.308 e. The number of aliphatic hydroxyl groups excluding tert-OH is 2. The Morgan fingerprint density at radius 3 is 1.90 bits per heavy atom. The molecule has 0 radical (unpaired) electrons. The van der Waals surface area contributed by atoms with Gasteiger partial charge in [-0.05, 0) is 49.5 Å². The molecule has 31 heavy (non-hydrogen) atoms. The third kappa shape index (κ3) is 8.69. The van der Waals surface area contributed by atoms with Crippen LogP contribution in [0, 0.1) is 41.4 Å². The quantitative estimate of drug-likeness (QED) is 0.441. The molecule has 1 heterocycles. The Hall–Kier alpha value is -1.20. The van der Waals surface area contributed by atoms with E-state index in [1.54, 1.807) is 0 Å². The molecule has 0 aliphatic carbocycles. The smallest absolute Gasteiger partial charge is 0.308 e. The normalized spacial score (nSPS) is 40.8. The van der Waals surface area contributed by atoms with Crippen LogP contribution in [0.4, 0.5) is 0 Å². The van der Waals surface area contributed by atoms with Crippen molar-refractivity contribution in [2.24, 2.45) is 41.4 Å². The van der Waals surface area contributed by atoms with Crippen molar-refractivity contribution in [1.82, 2.24) is 0 Å². The number of aliphatic hydroxyl groups is 2. The number of rotatable bonds is 1. The summed E-state index contributed by atoms with van der Waals surface area (Å²) in [5.41, 5.74) is 0.773. The van der Waals surface area contributed by atoms with Gasteiger partial charge in [0.15, 0.2) is 0 Å². The second-order valence-corrected chi connectivity index (χ2v) is 9.88. The van der Waals surface area contributed by atoms with Gasteiger partial charge in [-0.15, -0.1) is 0 Å². The van der Waals surface area contributed by atoms with E-state index in [0.717, 1.165) is 25.5 Å². The fourth-order valence-electron chi connectivity index (χ4n) is 4.76. The van der Waals surface area contributed by atoms with Gasteiger partial charge >= 0.3 is 5.97 Å². The predicted octanol–water partition coefficient (Wildman–Crippen LogP) is 5.04. The number of ketones is 1. The largest absolute Gasteiger partial charge is 0.462 e. The van der Waals surface area contributed by atoms with Crippen LogP contribution in [-0.2, 0) is 14.3 Å². The second kappa shape index (κ2) is 14.1. The van der Waals surface area contributed by atoms with Crippen LogP contribution in [-0.4, -0.2) is 41.3 Å². The van der Waals surface area contributed by atoms with E-state index < -0.39 is 12.0 Å². The lowest BCUT2D eigenvalue weighted by Crippen LogP contribution is -2.34. The van der Waals surface area contributed by atoms with Crippen molar-refractivity contribution < 1.29 is 24.5 Å².